The Hall–Kier alpha value is -7.02. The minimum Gasteiger partial charge on any atom is -0.0912 e. The minimum atomic E-state index is 0.958. The first-order valence-electron chi connectivity index (χ1n) is 23.5. The molecule has 0 atom stereocenters. The molecule has 8 aromatic carbocycles. The molecule has 0 nitrogen and oxygen atoms in total. The summed E-state index contributed by atoms with van der Waals surface area (Å²) in [7, 11) is 0. The zero-order chi connectivity index (χ0) is 45.6. The summed E-state index contributed by atoms with van der Waals surface area (Å²) in [6.45, 7) is 22.5. The number of hydrogen-bond donors (Lipinski definition) is 0. The van der Waals surface area contributed by atoms with Gasteiger partial charge in [0, 0.05) is 0 Å². The third-order valence-corrected chi connectivity index (χ3v) is 13.8. The summed E-state index contributed by atoms with van der Waals surface area (Å²) in [6.07, 6.45) is 16.5. The number of fused-ring (bicyclic) bond motifs is 3. The van der Waals surface area contributed by atoms with Gasteiger partial charge in [0.05, 0.1) is 0 Å². The summed E-state index contributed by atoms with van der Waals surface area (Å²) < 4.78 is 0. The molecule has 0 aliphatic carbocycles. The molecule has 0 N–H and O–H groups in total. The van der Waals surface area contributed by atoms with E-state index < -0.39 is 0 Å². The Morgan fingerprint density at radius 2 is 1.14 bits per heavy atom. The normalized spacial score (nSPS) is 13.4. The summed E-state index contributed by atoms with van der Waals surface area (Å²) in [5.74, 6) is 0. The standard InChI is InChI=1S/C65H62/c1-10-43(4)58(61-25-17-21-53-19-13-15-23-59(53)61)41-39-52-36-35-51(47(8)48(52)9)29-27-45(6)49-31-33-50(34-32-49)46(7)28-30-55-37-38-56-40-42-63(57(12-3)65(56)64(55)44(5)11-2)62-26-18-22-54-20-14-16-24-60(54)62/h13-42H,6,10-12H2,1-5,7-9H3/b29-27-,41-39-,46-28+,55-30-,58-43-,64-44-. The number of aryl methyl sites for hydroxylation is 1. The van der Waals surface area contributed by atoms with Crippen LogP contribution >= 0.6 is 0 Å². The Morgan fingerprint density at radius 1 is 0.538 bits per heavy atom. The van der Waals surface area contributed by atoms with E-state index in [0.29, 0.717) is 0 Å². The molecule has 0 radical (unpaired) electrons. The van der Waals surface area contributed by atoms with Crippen LogP contribution in [-0.2, 0) is 6.42 Å². The van der Waals surface area contributed by atoms with E-state index in [1.807, 2.05) is 0 Å². The van der Waals surface area contributed by atoms with Gasteiger partial charge in [-0.15, -0.1) is 0 Å². The Kier molecular flexibility index (Phi) is 13.6. The quantitative estimate of drug-likeness (QED) is 0.108. The van der Waals surface area contributed by atoms with Gasteiger partial charge in [0.15, 0.2) is 0 Å². The van der Waals surface area contributed by atoms with E-state index >= 15 is 0 Å². The fraction of sp³-hybridized carbons (Fsp3) is 0.169. The molecular weight excluding hydrogens is 781 g/mol. The lowest BCUT2D eigenvalue weighted by molar-refractivity contribution is 1.11. The van der Waals surface area contributed by atoms with Crippen molar-refractivity contribution in [3.8, 4) is 11.1 Å². The maximum absolute atomic E-state index is 4.47. The second-order valence-corrected chi connectivity index (χ2v) is 17.6. The maximum Gasteiger partial charge on any atom is -0.00678 e. The van der Waals surface area contributed by atoms with Crippen molar-refractivity contribution in [3.05, 3.63) is 231 Å². The second-order valence-electron chi connectivity index (χ2n) is 17.6. The highest BCUT2D eigenvalue weighted by Gasteiger charge is 2.14. The molecule has 0 heteroatoms. The van der Waals surface area contributed by atoms with Crippen molar-refractivity contribution < 1.29 is 0 Å². The lowest BCUT2D eigenvalue weighted by Gasteiger charge is -2.16. The van der Waals surface area contributed by atoms with Crippen molar-refractivity contribution in [2.45, 2.75) is 74.7 Å². The minimum absolute atomic E-state index is 0.958. The van der Waals surface area contributed by atoms with Gasteiger partial charge in [0.1, 0.15) is 0 Å². The topological polar surface area (TPSA) is 0 Å². The van der Waals surface area contributed by atoms with E-state index in [1.165, 1.54) is 115 Å². The van der Waals surface area contributed by atoms with Gasteiger partial charge in [-0.25, -0.2) is 0 Å². The van der Waals surface area contributed by atoms with Crippen molar-refractivity contribution in [3.63, 3.8) is 0 Å². The van der Waals surface area contributed by atoms with Crippen molar-refractivity contribution >= 4 is 72.8 Å². The van der Waals surface area contributed by atoms with E-state index in [1.54, 1.807) is 0 Å². The van der Waals surface area contributed by atoms with Crippen LogP contribution < -0.4 is 10.4 Å². The third kappa shape index (κ3) is 9.18. The average Bonchev–Trinajstić information content (AvgIpc) is 3.35. The molecule has 0 saturated heterocycles. The van der Waals surface area contributed by atoms with Crippen LogP contribution in [0.1, 0.15) is 98.9 Å². The van der Waals surface area contributed by atoms with Crippen molar-refractivity contribution in [2.75, 3.05) is 0 Å². The highest BCUT2D eigenvalue weighted by Crippen LogP contribution is 2.35. The molecule has 0 aliphatic rings. The van der Waals surface area contributed by atoms with Gasteiger partial charge in [0.2, 0.25) is 0 Å². The molecule has 8 aromatic rings. The van der Waals surface area contributed by atoms with E-state index in [0.717, 1.165) is 30.4 Å². The largest absolute Gasteiger partial charge is 0.0912 e. The van der Waals surface area contributed by atoms with Crippen LogP contribution in [0.15, 0.2) is 176 Å². The van der Waals surface area contributed by atoms with Crippen LogP contribution in [0.3, 0.4) is 0 Å². The van der Waals surface area contributed by atoms with Crippen LogP contribution in [0.5, 0.6) is 0 Å². The van der Waals surface area contributed by atoms with Crippen molar-refractivity contribution in [1.82, 2.24) is 0 Å². The van der Waals surface area contributed by atoms with Crippen molar-refractivity contribution in [2.24, 2.45) is 0 Å². The zero-order valence-electron chi connectivity index (χ0n) is 39.6. The van der Waals surface area contributed by atoms with Crippen LogP contribution in [0.25, 0.3) is 84.0 Å². The monoisotopic (exact) mass is 842 g/mol. The van der Waals surface area contributed by atoms with Gasteiger partial charge in [0.25, 0.3) is 0 Å². The number of benzene rings is 8. The SMILES string of the molecule is C=C(/C=C\c1ccc(/C=C\C(=C(/C)CC)c2cccc3ccccc23)c(C)c1C)c1ccc(/C(C)=C/C=c2/ccc3ccc(-c4cccc5ccccc45)c(CC)c3/c2=C(/C)CC)cc1. The Balaban J connectivity index is 1.03. The molecule has 0 amide bonds. The van der Waals surface area contributed by atoms with E-state index in [-0.39, 0.29) is 0 Å². The number of allylic oxidation sites excluding steroid dienone is 7. The van der Waals surface area contributed by atoms with Gasteiger partial charge in [-0.1, -0.05) is 221 Å². The predicted octanol–water partition coefficient (Wildman–Crippen LogP) is 17.1. The molecule has 0 bridgehead atoms. The summed E-state index contributed by atoms with van der Waals surface area (Å²) in [4.78, 5) is 0. The lowest BCUT2D eigenvalue weighted by Crippen LogP contribution is -2.28. The van der Waals surface area contributed by atoms with E-state index in [2.05, 4.69) is 244 Å². The van der Waals surface area contributed by atoms with Crippen molar-refractivity contribution in [1.29, 1.82) is 0 Å². The highest BCUT2D eigenvalue weighted by atomic mass is 14.2. The first-order chi connectivity index (χ1) is 31.6. The third-order valence-electron chi connectivity index (χ3n) is 13.8. The van der Waals surface area contributed by atoms with Gasteiger partial charge < -0.3 is 0 Å². The molecule has 322 valence electrons. The molecule has 0 aliphatic heterocycles. The van der Waals surface area contributed by atoms with Crippen LogP contribution in [0.2, 0.25) is 0 Å². The molecule has 0 heterocycles. The highest BCUT2D eigenvalue weighted by molar-refractivity contribution is 6.02. The molecule has 0 fully saturated rings. The zero-order valence-corrected chi connectivity index (χ0v) is 39.6. The molecule has 0 saturated carbocycles. The molecule has 0 spiro atoms. The first kappa shape index (κ1) is 44.6. The molecular formula is C65H62. The number of rotatable bonds is 12. The summed E-state index contributed by atoms with van der Waals surface area (Å²) >= 11 is 0. The van der Waals surface area contributed by atoms with Gasteiger partial charge >= 0.3 is 0 Å². The van der Waals surface area contributed by atoms with Gasteiger partial charge in [-0.2, -0.15) is 0 Å². The summed E-state index contributed by atoms with van der Waals surface area (Å²) in [6, 6.07) is 53.3. The summed E-state index contributed by atoms with van der Waals surface area (Å²) in [5, 5.41) is 10.5. The Bertz CT molecular complexity index is 3350. The molecule has 65 heavy (non-hydrogen) atoms. The Morgan fingerprint density at radius 3 is 1.82 bits per heavy atom. The maximum atomic E-state index is 4.47. The van der Waals surface area contributed by atoms with Crippen LogP contribution in [0.4, 0.5) is 0 Å². The second kappa shape index (κ2) is 19.8. The lowest BCUT2D eigenvalue weighted by atomic mass is 9.88. The summed E-state index contributed by atoms with van der Waals surface area (Å²) in [5.41, 5.74) is 19.0. The molecule has 8 rings (SSSR count). The van der Waals surface area contributed by atoms with E-state index in [9.17, 15) is 0 Å². The van der Waals surface area contributed by atoms with Crippen LogP contribution in [-0.4, -0.2) is 0 Å². The Labute approximate surface area is 387 Å². The molecule has 0 unspecified atom stereocenters. The fourth-order valence-electron chi connectivity index (χ4n) is 9.42. The smallest absolute Gasteiger partial charge is 0.00678 e. The predicted molar refractivity (Wildman–Crippen MR) is 289 cm³/mol. The van der Waals surface area contributed by atoms with Gasteiger partial charge in [-0.3, -0.25) is 0 Å². The van der Waals surface area contributed by atoms with E-state index in [4.69, 9.17) is 0 Å². The van der Waals surface area contributed by atoms with Crippen LogP contribution in [0, 0.1) is 13.8 Å². The van der Waals surface area contributed by atoms with Gasteiger partial charge in [-0.05, 0) is 169 Å². The first-order valence-corrected chi connectivity index (χ1v) is 23.5. The molecule has 0 aromatic heterocycles. The number of hydrogen-bond acceptors (Lipinski definition) is 0. The fourth-order valence-corrected chi connectivity index (χ4v) is 9.42. The average molecular weight is 843 g/mol.